The maximum absolute atomic E-state index is 11.5. The van der Waals surface area contributed by atoms with Gasteiger partial charge in [0.05, 0.1) is 5.75 Å². The van der Waals surface area contributed by atoms with Crippen molar-refractivity contribution in [1.29, 1.82) is 0 Å². The Bertz CT molecular complexity index is 725. The molecule has 0 radical (unpaired) electrons. The van der Waals surface area contributed by atoms with E-state index in [1.54, 1.807) is 0 Å². The summed E-state index contributed by atoms with van der Waals surface area (Å²) in [4.78, 5) is 16.1. The van der Waals surface area contributed by atoms with Gasteiger partial charge in [-0.25, -0.2) is 4.98 Å². The van der Waals surface area contributed by atoms with Crippen molar-refractivity contribution < 1.29 is 9.21 Å². The molecule has 4 heteroatoms. The van der Waals surface area contributed by atoms with Crippen LogP contribution in [0.5, 0.6) is 0 Å². The molecule has 0 bridgehead atoms. The molecule has 0 atom stereocenters. The molecule has 0 aliphatic carbocycles. The van der Waals surface area contributed by atoms with Gasteiger partial charge in [-0.05, 0) is 0 Å². The van der Waals surface area contributed by atoms with Crippen LogP contribution in [0.15, 0.2) is 70.3 Å². The number of thioether (sulfide) groups is 1. The monoisotopic (exact) mass is 323 g/mol. The van der Waals surface area contributed by atoms with Crippen LogP contribution in [-0.4, -0.2) is 16.5 Å². The van der Waals surface area contributed by atoms with Gasteiger partial charge < -0.3 is 4.42 Å². The normalized spacial score (nSPS) is 10.7. The predicted octanol–water partition coefficient (Wildman–Crippen LogP) is 5.08. The quantitative estimate of drug-likeness (QED) is 0.593. The fraction of sp³-hybridized carbons (Fsp3) is 0.158. The van der Waals surface area contributed by atoms with Crippen molar-refractivity contribution in [3.63, 3.8) is 0 Å². The third-order valence-electron chi connectivity index (χ3n) is 3.44. The first-order valence-electron chi connectivity index (χ1n) is 7.54. The molecule has 0 spiro atoms. The molecular formula is C19H17NO2S. The third kappa shape index (κ3) is 3.71. The first-order valence-corrected chi connectivity index (χ1v) is 8.52. The van der Waals surface area contributed by atoms with Crippen molar-refractivity contribution in [2.24, 2.45) is 0 Å². The number of carbonyl (C=O) groups is 1. The fourth-order valence-corrected chi connectivity index (χ4v) is 2.97. The number of carbonyl (C=O) groups excluding carboxylic acids is 1. The first-order chi connectivity index (χ1) is 11.3. The molecule has 0 saturated heterocycles. The first kappa shape index (κ1) is 15.6. The van der Waals surface area contributed by atoms with Crippen molar-refractivity contribution in [2.75, 3.05) is 5.75 Å². The van der Waals surface area contributed by atoms with Crippen LogP contribution in [0.1, 0.15) is 13.3 Å². The molecule has 0 saturated carbocycles. The number of hydrogen-bond donors (Lipinski definition) is 0. The molecule has 0 fully saturated rings. The molecule has 116 valence electrons. The van der Waals surface area contributed by atoms with Gasteiger partial charge in [0.1, 0.15) is 11.5 Å². The van der Waals surface area contributed by atoms with Gasteiger partial charge in [-0.3, -0.25) is 4.79 Å². The number of ketones is 1. The zero-order valence-corrected chi connectivity index (χ0v) is 13.7. The number of hydrogen-bond acceptors (Lipinski definition) is 4. The lowest BCUT2D eigenvalue weighted by Gasteiger charge is -2.00. The highest BCUT2D eigenvalue weighted by molar-refractivity contribution is 7.99. The van der Waals surface area contributed by atoms with E-state index in [-0.39, 0.29) is 5.78 Å². The Kier molecular flexibility index (Phi) is 4.93. The highest BCUT2D eigenvalue weighted by atomic mass is 32.2. The maximum Gasteiger partial charge on any atom is 0.257 e. The topological polar surface area (TPSA) is 43.1 Å². The van der Waals surface area contributed by atoms with Crippen LogP contribution in [0.25, 0.3) is 22.6 Å². The standard InChI is InChI=1S/C19H17NO2S/c1-2-16(21)13-23-19-20-17(14-9-5-3-6-10-14)18(22-19)15-11-7-4-8-12-15/h3-12H,2,13H2,1H3. The van der Waals surface area contributed by atoms with Crippen molar-refractivity contribution >= 4 is 17.5 Å². The molecule has 1 aromatic heterocycles. The molecule has 0 aliphatic heterocycles. The minimum Gasteiger partial charge on any atom is -0.431 e. The number of rotatable bonds is 6. The second kappa shape index (κ2) is 7.29. The van der Waals surface area contributed by atoms with E-state index in [2.05, 4.69) is 4.98 Å². The van der Waals surface area contributed by atoms with E-state index in [0.29, 0.717) is 17.4 Å². The van der Waals surface area contributed by atoms with Gasteiger partial charge in [-0.2, -0.15) is 0 Å². The van der Waals surface area contributed by atoms with E-state index in [9.17, 15) is 4.79 Å². The largest absolute Gasteiger partial charge is 0.431 e. The van der Waals surface area contributed by atoms with Crippen molar-refractivity contribution in [2.45, 2.75) is 18.6 Å². The van der Waals surface area contributed by atoms with Gasteiger partial charge in [-0.15, -0.1) is 0 Å². The number of Topliss-reactive ketones (excluding diaryl/α,β-unsaturated/α-hetero) is 1. The minimum atomic E-state index is 0.190. The van der Waals surface area contributed by atoms with Crippen LogP contribution in [0.4, 0.5) is 0 Å². The van der Waals surface area contributed by atoms with Gasteiger partial charge >= 0.3 is 0 Å². The van der Waals surface area contributed by atoms with Crippen LogP contribution >= 0.6 is 11.8 Å². The number of aromatic nitrogens is 1. The summed E-state index contributed by atoms with van der Waals surface area (Å²) in [6.07, 6.45) is 0.533. The van der Waals surface area contributed by atoms with E-state index in [1.165, 1.54) is 11.8 Å². The van der Waals surface area contributed by atoms with Crippen LogP contribution in [-0.2, 0) is 4.79 Å². The Hall–Kier alpha value is -2.33. The van der Waals surface area contributed by atoms with Gasteiger partial charge in [0.25, 0.3) is 5.22 Å². The van der Waals surface area contributed by atoms with Crippen molar-refractivity contribution in [3.05, 3.63) is 60.7 Å². The molecule has 3 rings (SSSR count). The van der Waals surface area contributed by atoms with Crippen LogP contribution in [0, 0.1) is 0 Å². The highest BCUT2D eigenvalue weighted by Gasteiger charge is 2.17. The zero-order chi connectivity index (χ0) is 16.1. The molecule has 0 unspecified atom stereocenters. The summed E-state index contributed by atoms with van der Waals surface area (Å²) in [6, 6.07) is 19.9. The minimum absolute atomic E-state index is 0.190. The Labute approximate surface area is 139 Å². The number of oxazole rings is 1. The highest BCUT2D eigenvalue weighted by Crippen LogP contribution is 2.35. The molecule has 3 nitrogen and oxygen atoms in total. The van der Waals surface area contributed by atoms with Crippen LogP contribution in [0.3, 0.4) is 0 Å². The van der Waals surface area contributed by atoms with Gasteiger partial charge in [0, 0.05) is 17.5 Å². The van der Waals surface area contributed by atoms with E-state index in [0.717, 1.165) is 22.6 Å². The molecule has 2 aromatic carbocycles. The molecule has 0 N–H and O–H groups in total. The average molecular weight is 323 g/mol. The van der Waals surface area contributed by atoms with E-state index in [1.807, 2.05) is 67.6 Å². The van der Waals surface area contributed by atoms with Crippen LogP contribution in [0.2, 0.25) is 0 Å². The molecule has 3 aromatic rings. The van der Waals surface area contributed by atoms with Crippen molar-refractivity contribution in [3.8, 4) is 22.6 Å². The number of nitrogens with zero attached hydrogens (tertiary/aromatic N) is 1. The van der Waals surface area contributed by atoms with Crippen LogP contribution < -0.4 is 0 Å². The summed E-state index contributed by atoms with van der Waals surface area (Å²) < 4.78 is 5.95. The lowest BCUT2D eigenvalue weighted by atomic mass is 10.1. The Morgan fingerprint density at radius 1 is 1.00 bits per heavy atom. The second-order valence-corrected chi connectivity index (χ2v) is 6.00. The van der Waals surface area contributed by atoms with Gasteiger partial charge in [-0.1, -0.05) is 79.3 Å². The lowest BCUT2D eigenvalue weighted by Crippen LogP contribution is -1.97. The molecular weight excluding hydrogens is 306 g/mol. The molecule has 23 heavy (non-hydrogen) atoms. The summed E-state index contributed by atoms with van der Waals surface area (Å²) in [5, 5.41) is 0.532. The summed E-state index contributed by atoms with van der Waals surface area (Å²) in [7, 11) is 0. The summed E-state index contributed by atoms with van der Waals surface area (Å²) >= 11 is 1.35. The zero-order valence-electron chi connectivity index (χ0n) is 12.9. The van der Waals surface area contributed by atoms with E-state index in [4.69, 9.17) is 4.42 Å². The number of benzene rings is 2. The summed E-state index contributed by atoms with van der Waals surface area (Å²) in [6.45, 7) is 1.86. The van der Waals surface area contributed by atoms with E-state index < -0.39 is 0 Å². The van der Waals surface area contributed by atoms with Crippen molar-refractivity contribution in [1.82, 2.24) is 4.98 Å². The molecule has 0 amide bonds. The smallest absolute Gasteiger partial charge is 0.257 e. The molecule has 1 heterocycles. The Balaban J connectivity index is 1.99. The molecule has 0 aliphatic rings. The van der Waals surface area contributed by atoms with Gasteiger partial charge in [0.2, 0.25) is 0 Å². The predicted molar refractivity (Wildman–Crippen MR) is 93.4 cm³/mol. The Morgan fingerprint density at radius 3 is 2.22 bits per heavy atom. The lowest BCUT2D eigenvalue weighted by molar-refractivity contribution is -0.116. The maximum atomic E-state index is 11.5. The third-order valence-corrected chi connectivity index (χ3v) is 4.33. The Morgan fingerprint density at radius 2 is 1.61 bits per heavy atom. The van der Waals surface area contributed by atoms with E-state index >= 15 is 0 Å². The average Bonchev–Trinajstić information content (AvgIpc) is 3.05. The van der Waals surface area contributed by atoms with Gasteiger partial charge in [0.15, 0.2) is 5.76 Å². The SMILES string of the molecule is CCC(=O)CSc1nc(-c2ccccc2)c(-c2ccccc2)o1. The summed E-state index contributed by atoms with van der Waals surface area (Å²) in [5.41, 5.74) is 2.79. The fourth-order valence-electron chi connectivity index (χ4n) is 2.18. The summed E-state index contributed by atoms with van der Waals surface area (Å²) in [5.74, 6) is 1.32. The second-order valence-electron chi connectivity index (χ2n) is 5.07.